The lowest BCUT2D eigenvalue weighted by atomic mass is 10.0. The summed E-state index contributed by atoms with van der Waals surface area (Å²) >= 11 is 1.77. The van der Waals surface area contributed by atoms with Crippen molar-refractivity contribution in [2.45, 2.75) is 62.2 Å². The summed E-state index contributed by atoms with van der Waals surface area (Å²) in [4.78, 5) is 25.8. The van der Waals surface area contributed by atoms with Crippen LogP contribution in [0.4, 0.5) is 11.4 Å². The maximum atomic E-state index is 12.4. The largest absolute Gasteiger partial charge is 0.397 e. The van der Waals surface area contributed by atoms with Gasteiger partial charge in [-0.2, -0.15) is 0 Å². The summed E-state index contributed by atoms with van der Waals surface area (Å²) in [5, 5.41) is 15.2. The summed E-state index contributed by atoms with van der Waals surface area (Å²) in [5.74, 6) is 0.508. The first kappa shape index (κ1) is 32.2. The molecule has 0 unspecified atom stereocenters. The van der Waals surface area contributed by atoms with Crippen molar-refractivity contribution in [2.24, 2.45) is 0 Å². The molecule has 8 nitrogen and oxygen atoms in total. The molecule has 1 fully saturated rings. The van der Waals surface area contributed by atoms with Crippen LogP contribution in [-0.2, 0) is 32.2 Å². The molecule has 0 aliphatic carbocycles. The van der Waals surface area contributed by atoms with Gasteiger partial charge in [0.25, 0.3) is 0 Å². The maximum absolute atomic E-state index is 12.4. The summed E-state index contributed by atoms with van der Waals surface area (Å²) in [6.07, 6.45) is 0.932. The molecule has 45 heavy (non-hydrogen) atoms. The van der Waals surface area contributed by atoms with Gasteiger partial charge in [-0.25, -0.2) is 0 Å². The van der Waals surface area contributed by atoms with E-state index in [0.717, 1.165) is 34.4 Å². The number of hydrogen-bond acceptors (Lipinski definition) is 7. The highest BCUT2D eigenvalue weighted by Gasteiger charge is 2.32. The molecule has 9 heteroatoms. The molecule has 3 atom stereocenters. The van der Waals surface area contributed by atoms with Gasteiger partial charge in [-0.1, -0.05) is 78.9 Å². The number of nitrogen functional groups attached to an aromatic ring is 1. The molecule has 4 aromatic rings. The second-order valence-electron chi connectivity index (χ2n) is 11.0. The molecule has 0 aromatic heterocycles. The Morgan fingerprint density at radius 3 is 2.20 bits per heavy atom. The minimum Gasteiger partial charge on any atom is -0.397 e. The lowest BCUT2D eigenvalue weighted by Crippen LogP contribution is -2.31. The number of aliphatic hydroxyl groups excluding tert-OH is 1. The average Bonchev–Trinajstić information content (AvgIpc) is 3.08. The molecule has 0 bridgehead atoms. The second kappa shape index (κ2) is 16.2. The lowest BCUT2D eigenvalue weighted by molar-refractivity contribution is -0.245. The van der Waals surface area contributed by atoms with Crippen LogP contribution in [0.2, 0.25) is 0 Å². The summed E-state index contributed by atoms with van der Waals surface area (Å²) in [5.41, 5.74) is 10.7. The van der Waals surface area contributed by atoms with Crippen LogP contribution >= 0.6 is 11.8 Å². The van der Waals surface area contributed by atoms with Gasteiger partial charge in [0, 0.05) is 42.0 Å². The normalized spacial score (nSPS) is 17.8. The SMILES string of the molecule is Nc1ccccc1NC(=O)CCCC(=O)NCc1ccc([C@@H]2O[C@H](CSc3ccccc3)C[C@H](c3ccc(CO)cc3)O2)cc1. The van der Waals surface area contributed by atoms with Gasteiger partial charge in [-0.3, -0.25) is 9.59 Å². The van der Waals surface area contributed by atoms with Gasteiger partial charge in [0.1, 0.15) is 0 Å². The smallest absolute Gasteiger partial charge is 0.224 e. The fraction of sp³-hybridized carbons (Fsp3) is 0.278. The van der Waals surface area contributed by atoms with E-state index in [0.29, 0.717) is 24.3 Å². The van der Waals surface area contributed by atoms with Crippen molar-refractivity contribution < 1.29 is 24.2 Å². The van der Waals surface area contributed by atoms with Gasteiger partial charge in [-0.15, -0.1) is 11.8 Å². The van der Waals surface area contributed by atoms with E-state index in [2.05, 4.69) is 22.8 Å². The second-order valence-corrected chi connectivity index (χ2v) is 12.1. The molecule has 4 aromatic carbocycles. The highest BCUT2D eigenvalue weighted by molar-refractivity contribution is 7.99. The van der Waals surface area contributed by atoms with Crippen molar-refractivity contribution in [2.75, 3.05) is 16.8 Å². The number of hydrogen-bond donors (Lipinski definition) is 4. The summed E-state index contributed by atoms with van der Waals surface area (Å²) < 4.78 is 12.9. The number of nitrogens with one attached hydrogen (secondary N) is 2. The Labute approximate surface area is 268 Å². The molecular weight excluding hydrogens is 586 g/mol. The van der Waals surface area contributed by atoms with Gasteiger partial charge in [0.05, 0.1) is 30.2 Å². The number of amides is 2. The quantitative estimate of drug-likeness (QED) is 0.0985. The zero-order valence-corrected chi connectivity index (χ0v) is 25.9. The Bertz CT molecular complexity index is 1530. The van der Waals surface area contributed by atoms with E-state index in [4.69, 9.17) is 15.2 Å². The molecule has 1 aliphatic heterocycles. The standard InChI is InChI=1S/C36H39N3O5S/c37-31-9-4-5-10-32(31)39-35(42)12-6-11-34(41)38-22-25-13-19-28(20-14-25)36-43-29(24-45-30-7-2-1-3-8-30)21-33(44-36)27-17-15-26(23-40)16-18-27/h1-5,7-10,13-20,29,33,36,40H,6,11-12,21-24,37H2,(H,38,41)(H,39,42)/t29-,33+,36+/m0/s1. The van der Waals surface area contributed by atoms with E-state index in [-0.39, 0.29) is 43.5 Å². The Kier molecular flexibility index (Phi) is 11.6. The monoisotopic (exact) mass is 625 g/mol. The molecule has 0 radical (unpaired) electrons. The summed E-state index contributed by atoms with van der Waals surface area (Å²) in [6, 6.07) is 33.1. The van der Waals surface area contributed by atoms with Crippen LogP contribution in [0.1, 0.15) is 60.3 Å². The van der Waals surface area contributed by atoms with Crippen molar-refractivity contribution in [1.29, 1.82) is 0 Å². The first-order valence-electron chi connectivity index (χ1n) is 15.1. The van der Waals surface area contributed by atoms with Gasteiger partial charge in [0.15, 0.2) is 6.29 Å². The number of carbonyl (C=O) groups excluding carboxylic acids is 2. The first-order chi connectivity index (χ1) is 22.0. The van der Waals surface area contributed by atoms with Crippen LogP contribution in [0.15, 0.2) is 108 Å². The minimum atomic E-state index is -0.538. The molecule has 1 aliphatic rings. The number of thioether (sulfide) groups is 1. The van der Waals surface area contributed by atoms with Crippen molar-refractivity contribution in [3.05, 3.63) is 125 Å². The first-order valence-corrected chi connectivity index (χ1v) is 16.1. The molecule has 5 rings (SSSR count). The predicted molar refractivity (Wildman–Crippen MR) is 177 cm³/mol. The molecule has 0 saturated carbocycles. The highest BCUT2D eigenvalue weighted by Crippen LogP contribution is 2.39. The average molecular weight is 626 g/mol. The topological polar surface area (TPSA) is 123 Å². The van der Waals surface area contributed by atoms with Crippen molar-refractivity contribution in [3.8, 4) is 0 Å². The number of aliphatic hydroxyl groups is 1. The predicted octanol–water partition coefficient (Wildman–Crippen LogP) is 6.52. The Morgan fingerprint density at radius 2 is 1.47 bits per heavy atom. The summed E-state index contributed by atoms with van der Waals surface area (Å²) in [7, 11) is 0. The molecule has 234 valence electrons. The van der Waals surface area contributed by atoms with Crippen LogP contribution in [-0.4, -0.2) is 28.8 Å². The number of nitrogens with two attached hydrogens (primary N) is 1. The van der Waals surface area contributed by atoms with E-state index in [9.17, 15) is 14.7 Å². The van der Waals surface area contributed by atoms with Gasteiger partial charge in [-0.05, 0) is 47.4 Å². The van der Waals surface area contributed by atoms with Crippen LogP contribution < -0.4 is 16.4 Å². The molecule has 2 amide bonds. The zero-order valence-electron chi connectivity index (χ0n) is 25.1. The number of rotatable bonds is 13. The van der Waals surface area contributed by atoms with Crippen molar-refractivity contribution >= 4 is 35.0 Å². The fourth-order valence-corrected chi connectivity index (χ4v) is 5.99. The number of anilines is 2. The van der Waals surface area contributed by atoms with Crippen molar-refractivity contribution in [1.82, 2.24) is 5.32 Å². The zero-order chi connectivity index (χ0) is 31.4. The van der Waals surface area contributed by atoms with Gasteiger partial charge in [0.2, 0.25) is 11.8 Å². The van der Waals surface area contributed by atoms with Crippen LogP contribution in [0.5, 0.6) is 0 Å². The third-order valence-corrected chi connectivity index (χ3v) is 8.72. The number of carbonyl (C=O) groups is 2. The lowest BCUT2D eigenvalue weighted by Gasteiger charge is -2.36. The van der Waals surface area contributed by atoms with E-state index in [1.807, 2.05) is 66.7 Å². The van der Waals surface area contributed by atoms with E-state index in [1.54, 1.807) is 36.0 Å². The third kappa shape index (κ3) is 9.67. The summed E-state index contributed by atoms with van der Waals surface area (Å²) in [6.45, 7) is 0.386. The van der Waals surface area contributed by atoms with E-state index >= 15 is 0 Å². The number of benzene rings is 4. The van der Waals surface area contributed by atoms with Crippen LogP contribution in [0, 0.1) is 0 Å². The molecule has 1 saturated heterocycles. The van der Waals surface area contributed by atoms with Gasteiger partial charge < -0.3 is 30.9 Å². The van der Waals surface area contributed by atoms with Gasteiger partial charge >= 0.3 is 0 Å². The van der Waals surface area contributed by atoms with E-state index < -0.39 is 6.29 Å². The minimum absolute atomic E-state index is 0.00250. The highest BCUT2D eigenvalue weighted by atomic mass is 32.2. The Balaban J connectivity index is 1.13. The number of ether oxygens (including phenoxy) is 2. The molecule has 1 heterocycles. The maximum Gasteiger partial charge on any atom is 0.224 e. The Hall–Kier alpha value is -4.15. The van der Waals surface area contributed by atoms with Crippen LogP contribution in [0.25, 0.3) is 0 Å². The Morgan fingerprint density at radius 1 is 0.800 bits per heavy atom. The molecule has 0 spiro atoms. The third-order valence-electron chi connectivity index (χ3n) is 7.58. The molecule has 5 N–H and O–H groups in total. The number of para-hydroxylation sites is 2. The fourth-order valence-electron chi connectivity index (χ4n) is 5.04. The van der Waals surface area contributed by atoms with Crippen LogP contribution in [0.3, 0.4) is 0 Å². The van der Waals surface area contributed by atoms with Crippen molar-refractivity contribution in [3.63, 3.8) is 0 Å². The van der Waals surface area contributed by atoms with E-state index in [1.165, 1.54) is 4.90 Å². The molecular formula is C36H39N3O5S.